The van der Waals surface area contributed by atoms with Gasteiger partial charge in [-0.05, 0) is 19.8 Å². The van der Waals surface area contributed by atoms with Crippen molar-refractivity contribution < 1.29 is 0 Å². The van der Waals surface area contributed by atoms with Crippen molar-refractivity contribution in [3.8, 4) is 0 Å². The van der Waals surface area contributed by atoms with E-state index >= 15 is 0 Å². The Bertz CT molecular complexity index is 226. The number of rotatable bonds is 10. The van der Waals surface area contributed by atoms with Crippen molar-refractivity contribution in [2.45, 2.75) is 84.0 Å². The molecule has 1 heterocycles. The minimum atomic E-state index is 0.107. The second kappa shape index (κ2) is 9.26. The number of hydrogen-bond donors (Lipinski definition) is 2. The predicted molar refractivity (Wildman–Crippen MR) is 78.8 cm³/mol. The smallest absolute Gasteiger partial charge is 0.0995 e. The van der Waals surface area contributed by atoms with Crippen molar-refractivity contribution in [3.63, 3.8) is 0 Å². The lowest BCUT2D eigenvalue weighted by atomic mass is 10.1. The number of unbranched alkanes of at least 4 members (excludes halogenated alkanes) is 7. The molecule has 1 aliphatic heterocycles. The van der Waals surface area contributed by atoms with E-state index in [1.165, 1.54) is 57.8 Å². The van der Waals surface area contributed by atoms with E-state index in [2.05, 4.69) is 23.3 Å². The molecule has 0 amide bonds. The average Bonchev–Trinajstić information content (AvgIpc) is 2.81. The molecule has 0 aromatic rings. The minimum Gasteiger partial charge on any atom is -0.370 e. The van der Waals surface area contributed by atoms with Crippen LogP contribution in [0.15, 0.2) is 12.4 Å². The lowest BCUT2D eigenvalue weighted by molar-refractivity contribution is 0.208. The van der Waals surface area contributed by atoms with E-state index in [0.29, 0.717) is 6.17 Å². The first-order valence-corrected chi connectivity index (χ1v) is 7.71. The van der Waals surface area contributed by atoms with Crippen molar-refractivity contribution in [1.82, 2.24) is 10.2 Å². The monoisotopic (exact) mass is 253 g/mol. The van der Waals surface area contributed by atoms with Gasteiger partial charge in [-0.3, -0.25) is 0 Å². The predicted octanol–water partition coefficient (Wildman–Crippen LogP) is 3.52. The topological polar surface area (TPSA) is 41.3 Å². The highest BCUT2D eigenvalue weighted by Gasteiger charge is 2.20. The first-order valence-electron chi connectivity index (χ1n) is 7.71. The highest BCUT2D eigenvalue weighted by atomic mass is 15.3. The maximum atomic E-state index is 5.92. The van der Waals surface area contributed by atoms with Gasteiger partial charge in [0.1, 0.15) is 0 Å². The van der Waals surface area contributed by atoms with Crippen LogP contribution in [-0.2, 0) is 0 Å². The zero-order chi connectivity index (χ0) is 13.2. The van der Waals surface area contributed by atoms with Gasteiger partial charge < -0.3 is 16.0 Å². The molecule has 0 saturated heterocycles. The Morgan fingerprint density at radius 1 is 1.11 bits per heavy atom. The highest BCUT2D eigenvalue weighted by Crippen LogP contribution is 2.15. The molecule has 0 aromatic carbocycles. The largest absolute Gasteiger partial charge is 0.370 e. The van der Waals surface area contributed by atoms with Gasteiger partial charge in [0.05, 0.1) is 12.3 Å². The summed E-state index contributed by atoms with van der Waals surface area (Å²) in [4.78, 5) is 2.21. The van der Waals surface area contributed by atoms with Crippen molar-refractivity contribution in [2.24, 2.45) is 5.73 Å². The molecule has 0 fully saturated rings. The summed E-state index contributed by atoms with van der Waals surface area (Å²) in [5, 5.41) is 3.37. The second-order valence-corrected chi connectivity index (χ2v) is 5.45. The van der Waals surface area contributed by atoms with Crippen LogP contribution < -0.4 is 11.1 Å². The maximum Gasteiger partial charge on any atom is 0.0995 e. The molecule has 0 bridgehead atoms. The van der Waals surface area contributed by atoms with Crippen molar-refractivity contribution in [3.05, 3.63) is 12.4 Å². The molecule has 0 aliphatic carbocycles. The van der Waals surface area contributed by atoms with E-state index in [1.54, 1.807) is 0 Å². The molecular formula is C15H31N3. The second-order valence-electron chi connectivity index (χ2n) is 5.45. The van der Waals surface area contributed by atoms with E-state index in [0.717, 1.165) is 0 Å². The molecule has 3 N–H and O–H groups in total. The molecule has 18 heavy (non-hydrogen) atoms. The van der Waals surface area contributed by atoms with Crippen LogP contribution in [0.5, 0.6) is 0 Å². The third-order valence-corrected chi connectivity index (χ3v) is 3.70. The van der Waals surface area contributed by atoms with Gasteiger partial charge in [-0.2, -0.15) is 0 Å². The Labute approximate surface area is 113 Å². The van der Waals surface area contributed by atoms with E-state index in [9.17, 15) is 0 Å². The van der Waals surface area contributed by atoms with E-state index < -0.39 is 0 Å². The van der Waals surface area contributed by atoms with Crippen LogP contribution in [0.3, 0.4) is 0 Å². The van der Waals surface area contributed by atoms with Crippen molar-refractivity contribution >= 4 is 0 Å². The summed E-state index contributed by atoms with van der Waals surface area (Å²) in [6, 6.07) is 0. The molecule has 1 aliphatic rings. The number of nitrogens with zero attached hydrogens (tertiary/aromatic N) is 1. The number of nitrogens with one attached hydrogen (secondary N) is 1. The van der Waals surface area contributed by atoms with Crippen molar-refractivity contribution in [2.75, 3.05) is 0 Å². The fourth-order valence-electron chi connectivity index (χ4n) is 2.55. The van der Waals surface area contributed by atoms with Gasteiger partial charge >= 0.3 is 0 Å². The molecule has 2 atom stereocenters. The van der Waals surface area contributed by atoms with E-state index in [1.807, 2.05) is 13.1 Å². The molecule has 2 unspecified atom stereocenters. The average molecular weight is 253 g/mol. The number of nitrogens with two attached hydrogens (primary N) is 1. The summed E-state index contributed by atoms with van der Waals surface area (Å²) in [6.45, 7) is 4.31. The summed E-state index contributed by atoms with van der Waals surface area (Å²) < 4.78 is 0. The van der Waals surface area contributed by atoms with Gasteiger partial charge in [0, 0.05) is 12.4 Å². The normalized spacial score (nSPS) is 20.2. The molecular weight excluding hydrogens is 222 g/mol. The van der Waals surface area contributed by atoms with Crippen LogP contribution in [0.2, 0.25) is 0 Å². The van der Waals surface area contributed by atoms with Crippen LogP contribution in [0.4, 0.5) is 0 Å². The summed E-state index contributed by atoms with van der Waals surface area (Å²) in [5.41, 5.74) is 5.92. The Morgan fingerprint density at radius 2 is 1.72 bits per heavy atom. The third kappa shape index (κ3) is 5.76. The Hall–Kier alpha value is -0.700. The molecule has 0 radical (unpaired) electrons. The lowest BCUT2D eigenvalue weighted by Crippen LogP contribution is -2.44. The van der Waals surface area contributed by atoms with E-state index in [-0.39, 0.29) is 6.17 Å². The molecule has 1 rings (SSSR count). The summed E-state index contributed by atoms with van der Waals surface area (Å²) in [7, 11) is 0. The maximum absolute atomic E-state index is 5.92. The zero-order valence-electron chi connectivity index (χ0n) is 12.2. The molecule has 0 spiro atoms. The van der Waals surface area contributed by atoms with Gasteiger partial charge in [-0.15, -0.1) is 0 Å². The Morgan fingerprint density at radius 3 is 2.33 bits per heavy atom. The molecule has 3 nitrogen and oxygen atoms in total. The van der Waals surface area contributed by atoms with E-state index in [4.69, 9.17) is 5.73 Å². The van der Waals surface area contributed by atoms with Crippen LogP contribution in [0, 0.1) is 0 Å². The molecule has 0 saturated carbocycles. The van der Waals surface area contributed by atoms with Gasteiger partial charge in [0.2, 0.25) is 0 Å². The van der Waals surface area contributed by atoms with Gasteiger partial charge in [0.15, 0.2) is 0 Å². The van der Waals surface area contributed by atoms with Crippen LogP contribution >= 0.6 is 0 Å². The summed E-state index contributed by atoms with van der Waals surface area (Å²) >= 11 is 0. The van der Waals surface area contributed by atoms with Crippen LogP contribution in [0.25, 0.3) is 0 Å². The first-order chi connectivity index (χ1) is 8.75. The molecule has 0 aromatic heterocycles. The SMILES string of the molecule is CCCCCCCCCCC1NC=CN1C(C)N. The quantitative estimate of drug-likeness (QED) is 0.585. The summed E-state index contributed by atoms with van der Waals surface area (Å²) in [6.07, 6.45) is 16.9. The van der Waals surface area contributed by atoms with Gasteiger partial charge in [-0.25, -0.2) is 0 Å². The van der Waals surface area contributed by atoms with Crippen LogP contribution in [-0.4, -0.2) is 17.2 Å². The van der Waals surface area contributed by atoms with Crippen molar-refractivity contribution in [1.29, 1.82) is 0 Å². The third-order valence-electron chi connectivity index (χ3n) is 3.70. The Balaban J connectivity index is 1.95. The molecule has 106 valence electrons. The zero-order valence-corrected chi connectivity index (χ0v) is 12.2. The van der Waals surface area contributed by atoms with Gasteiger partial charge in [-0.1, -0.05) is 51.9 Å². The Kier molecular flexibility index (Phi) is 7.90. The lowest BCUT2D eigenvalue weighted by Gasteiger charge is -2.28. The fourth-order valence-corrected chi connectivity index (χ4v) is 2.55. The molecule has 3 heteroatoms. The van der Waals surface area contributed by atoms with Gasteiger partial charge in [0.25, 0.3) is 0 Å². The first kappa shape index (κ1) is 15.4. The minimum absolute atomic E-state index is 0.107. The fraction of sp³-hybridized carbons (Fsp3) is 0.867. The van der Waals surface area contributed by atoms with Crippen LogP contribution in [0.1, 0.15) is 71.6 Å². The number of hydrogen-bond acceptors (Lipinski definition) is 3. The highest BCUT2D eigenvalue weighted by molar-refractivity contribution is 4.95. The standard InChI is InChI=1S/C15H31N3/c1-3-4-5-6-7-8-9-10-11-15-17-12-13-18(15)14(2)16/h12-15,17H,3-11,16H2,1-2H3. The summed E-state index contributed by atoms with van der Waals surface area (Å²) in [5.74, 6) is 0.